The van der Waals surface area contributed by atoms with Gasteiger partial charge in [0, 0.05) is 13.4 Å². The van der Waals surface area contributed by atoms with Crippen LogP contribution in [-0.2, 0) is 0 Å². The molecule has 0 unspecified atom stereocenters. The smallest absolute Gasteiger partial charge is 0.169 e. The van der Waals surface area contributed by atoms with Crippen LogP contribution in [0.25, 0.3) is 0 Å². The normalized spacial score (nSPS) is 10.4. The first-order chi connectivity index (χ1) is 8.47. The van der Waals surface area contributed by atoms with E-state index >= 15 is 0 Å². The van der Waals surface area contributed by atoms with Crippen LogP contribution >= 0.6 is 63.7 Å². The van der Waals surface area contributed by atoms with Crippen molar-refractivity contribution in [1.82, 2.24) is 0 Å². The summed E-state index contributed by atoms with van der Waals surface area (Å²) in [6.07, 6.45) is 0. The molecule has 2 nitrogen and oxygen atoms in total. The molecule has 0 aliphatic carbocycles. The molecule has 0 aliphatic rings. The van der Waals surface area contributed by atoms with Crippen molar-refractivity contribution in [2.45, 2.75) is 0 Å². The average molecular weight is 502 g/mol. The molecule has 0 amide bonds. The number of benzene rings is 2. The summed E-state index contributed by atoms with van der Waals surface area (Å²) in [7, 11) is 0. The van der Waals surface area contributed by atoms with Gasteiger partial charge in [-0.2, -0.15) is 0 Å². The Kier molecular flexibility index (Phi) is 4.75. The number of ether oxygens (including phenoxy) is 1. The molecule has 2 rings (SSSR count). The highest BCUT2D eigenvalue weighted by Gasteiger charge is 2.10. The number of halogens is 4. The first kappa shape index (κ1) is 14.4. The van der Waals surface area contributed by atoms with E-state index in [9.17, 15) is 5.11 Å². The minimum Gasteiger partial charge on any atom is -0.504 e. The molecule has 0 saturated heterocycles. The van der Waals surface area contributed by atoms with Crippen molar-refractivity contribution in [2.75, 3.05) is 0 Å². The van der Waals surface area contributed by atoms with Crippen LogP contribution in [0.1, 0.15) is 0 Å². The Morgan fingerprint density at radius 2 is 1.44 bits per heavy atom. The standard InChI is InChI=1S/C12H6Br4O2/c13-6-1-2-11(10(17)3-6)18-12-5-8(15)7(14)4-9(12)16/h1-5,17H. The first-order valence-electron chi connectivity index (χ1n) is 4.78. The number of rotatable bonds is 2. The first-order valence-corrected chi connectivity index (χ1v) is 7.95. The third-order valence-electron chi connectivity index (χ3n) is 2.12. The van der Waals surface area contributed by atoms with Gasteiger partial charge in [0.2, 0.25) is 0 Å². The van der Waals surface area contributed by atoms with E-state index in [-0.39, 0.29) is 5.75 Å². The maximum absolute atomic E-state index is 9.78. The van der Waals surface area contributed by atoms with Gasteiger partial charge < -0.3 is 9.84 Å². The maximum atomic E-state index is 9.78. The summed E-state index contributed by atoms with van der Waals surface area (Å²) < 4.78 is 9.04. The third kappa shape index (κ3) is 3.29. The fourth-order valence-corrected chi connectivity index (χ4v) is 3.02. The monoisotopic (exact) mass is 498 g/mol. The molecule has 0 aromatic heterocycles. The summed E-state index contributed by atoms with van der Waals surface area (Å²) in [6, 6.07) is 8.76. The zero-order chi connectivity index (χ0) is 13.3. The molecule has 0 radical (unpaired) electrons. The average Bonchev–Trinajstić information content (AvgIpc) is 2.29. The largest absolute Gasteiger partial charge is 0.504 e. The lowest BCUT2D eigenvalue weighted by atomic mass is 10.3. The van der Waals surface area contributed by atoms with Crippen molar-refractivity contribution in [1.29, 1.82) is 0 Å². The van der Waals surface area contributed by atoms with Crippen LogP contribution in [-0.4, -0.2) is 5.11 Å². The quantitative estimate of drug-likeness (QED) is 0.494. The van der Waals surface area contributed by atoms with E-state index in [2.05, 4.69) is 63.7 Å². The summed E-state index contributed by atoms with van der Waals surface area (Å²) in [5.41, 5.74) is 0. The highest BCUT2D eigenvalue weighted by Crippen LogP contribution is 2.39. The predicted octanol–water partition coefficient (Wildman–Crippen LogP) is 6.23. The minimum atomic E-state index is 0.0790. The van der Waals surface area contributed by atoms with Gasteiger partial charge in [0.1, 0.15) is 5.75 Å². The van der Waals surface area contributed by atoms with Crippen LogP contribution in [0.5, 0.6) is 17.2 Å². The summed E-state index contributed by atoms with van der Waals surface area (Å²) in [4.78, 5) is 0. The second-order valence-electron chi connectivity index (χ2n) is 3.41. The van der Waals surface area contributed by atoms with Crippen LogP contribution in [0.2, 0.25) is 0 Å². The molecule has 0 fully saturated rings. The summed E-state index contributed by atoms with van der Waals surface area (Å²) in [5.74, 6) is 1.09. The molecule has 94 valence electrons. The molecule has 0 spiro atoms. The zero-order valence-electron chi connectivity index (χ0n) is 8.75. The maximum Gasteiger partial charge on any atom is 0.169 e. The topological polar surface area (TPSA) is 29.5 Å². The summed E-state index contributed by atoms with van der Waals surface area (Å²) >= 11 is 13.5. The van der Waals surface area contributed by atoms with E-state index < -0.39 is 0 Å². The van der Waals surface area contributed by atoms with Gasteiger partial charge in [-0.05, 0) is 78.1 Å². The van der Waals surface area contributed by atoms with Gasteiger partial charge >= 0.3 is 0 Å². The Morgan fingerprint density at radius 3 is 2.11 bits per heavy atom. The number of phenols is 1. The van der Waals surface area contributed by atoms with E-state index in [0.29, 0.717) is 11.5 Å². The summed E-state index contributed by atoms with van der Waals surface area (Å²) in [6.45, 7) is 0. The van der Waals surface area contributed by atoms with Gasteiger partial charge in [0.25, 0.3) is 0 Å². The van der Waals surface area contributed by atoms with Gasteiger partial charge in [-0.15, -0.1) is 0 Å². The molecule has 2 aromatic carbocycles. The van der Waals surface area contributed by atoms with E-state index in [0.717, 1.165) is 17.9 Å². The number of aromatic hydroxyl groups is 1. The molecule has 1 N–H and O–H groups in total. The van der Waals surface area contributed by atoms with E-state index in [1.54, 1.807) is 18.2 Å². The second kappa shape index (κ2) is 5.94. The molecular weight excluding hydrogens is 496 g/mol. The van der Waals surface area contributed by atoms with E-state index in [1.807, 2.05) is 12.1 Å². The molecule has 0 aliphatic heterocycles. The van der Waals surface area contributed by atoms with Gasteiger partial charge in [-0.1, -0.05) is 15.9 Å². The Hall–Kier alpha value is -0.0400. The van der Waals surface area contributed by atoms with E-state index in [1.165, 1.54) is 0 Å². The molecule has 6 heteroatoms. The predicted molar refractivity (Wildman–Crippen MR) is 85.4 cm³/mol. The van der Waals surface area contributed by atoms with Crippen molar-refractivity contribution in [3.63, 3.8) is 0 Å². The Balaban J connectivity index is 2.37. The Bertz CT molecular complexity index is 599. The summed E-state index contributed by atoms with van der Waals surface area (Å²) in [5, 5.41) is 9.78. The van der Waals surface area contributed by atoms with Crippen LogP contribution in [0.4, 0.5) is 0 Å². The fraction of sp³-hybridized carbons (Fsp3) is 0. The lowest BCUT2D eigenvalue weighted by molar-refractivity contribution is 0.409. The minimum absolute atomic E-state index is 0.0790. The lowest BCUT2D eigenvalue weighted by Crippen LogP contribution is -1.87. The third-order valence-corrected chi connectivity index (χ3v) is 5.07. The van der Waals surface area contributed by atoms with Gasteiger partial charge in [-0.3, -0.25) is 0 Å². The zero-order valence-corrected chi connectivity index (χ0v) is 15.1. The molecule has 0 atom stereocenters. The van der Waals surface area contributed by atoms with Crippen molar-refractivity contribution in [3.8, 4) is 17.2 Å². The van der Waals surface area contributed by atoms with Crippen molar-refractivity contribution < 1.29 is 9.84 Å². The molecular formula is C12H6Br4O2. The van der Waals surface area contributed by atoms with Crippen LogP contribution in [0.3, 0.4) is 0 Å². The highest BCUT2D eigenvalue weighted by molar-refractivity contribution is 9.13. The molecule has 0 saturated carbocycles. The van der Waals surface area contributed by atoms with Crippen molar-refractivity contribution in [2.24, 2.45) is 0 Å². The molecule has 0 heterocycles. The molecule has 18 heavy (non-hydrogen) atoms. The van der Waals surface area contributed by atoms with Crippen molar-refractivity contribution in [3.05, 3.63) is 48.2 Å². The Labute approximate surface area is 138 Å². The van der Waals surface area contributed by atoms with Gasteiger partial charge in [0.15, 0.2) is 11.5 Å². The van der Waals surface area contributed by atoms with E-state index in [4.69, 9.17) is 4.74 Å². The van der Waals surface area contributed by atoms with Crippen LogP contribution < -0.4 is 4.74 Å². The highest BCUT2D eigenvalue weighted by atomic mass is 79.9. The molecule has 2 aromatic rings. The lowest BCUT2D eigenvalue weighted by Gasteiger charge is -2.10. The Morgan fingerprint density at radius 1 is 0.778 bits per heavy atom. The fourth-order valence-electron chi connectivity index (χ4n) is 1.28. The number of hydrogen-bond donors (Lipinski definition) is 1. The van der Waals surface area contributed by atoms with Gasteiger partial charge in [-0.25, -0.2) is 0 Å². The molecule has 0 bridgehead atoms. The van der Waals surface area contributed by atoms with Crippen molar-refractivity contribution >= 4 is 63.7 Å². The van der Waals surface area contributed by atoms with Crippen LogP contribution in [0, 0.1) is 0 Å². The van der Waals surface area contributed by atoms with Gasteiger partial charge in [0.05, 0.1) is 4.47 Å². The number of phenolic OH excluding ortho intramolecular Hbond substituents is 1. The second-order valence-corrected chi connectivity index (χ2v) is 6.89. The van der Waals surface area contributed by atoms with Crippen LogP contribution in [0.15, 0.2) is 48.2 Å². The SMILES string of the molecule is Oc1cc(Br)ccc1Oc1cc(Br)c(Br)cc1Br. The number of hydrogen-bond acceptors (Lipinski definition) is 2.